The van der Waals surface area contributed by atoms with Gasteiger partial charge in [-0.15, -0.1) is 0 Å². The summed E-state index contributed by atoms with van der Waals surface area (Å²) < 4.78 is 13.5. The van der Waals surface area contributed by atoms with Crippen LogP contribution in [0.4, 0.5) is 4.39 Å². The van der Waals surface area contributed by atoms with Crippen molar-refractivity contribution in [2.45, 2.75) is 39.2 Å². The van der Waals surface area contributed by atoms with Gasteiger partial charge < -0.3 is 10.4 Å². The summed E-state index contributed by atoms with van der Waals surface area (Å²) in [6.45, 7) is 3.74. The van der Waals surface area contributed by atoms with Crippen molar-refractivity contribution >= 4 is 5.97 Å². The molecule has 3 nitrogen and oxygen atoms in total. The molecule has 0 radical (unpaired) electrons. The Morgan fingerprint density at radius 1 is 1.47 bits per heavy atom. The highest BCUT2D eigenvalue weighted by Gasteiger charge is 2.34. The number of halogens is 1. The Morgan fingerprint density at radius 3 is 2.68 bits per heavy atom. The van der Waals surface area contributed by atoms with Gasteiger partial charge in [-0.1, -0.05) is 19.4 Å². The van der Waals surface area contributed by atoms with E-state index in [1.165, 1.54) is 37.8 Å². The van der Waals surface area contributed by atoms with E-state index >= 15 is 0 Å². The monoisotopic (exact) mass is 265 g/mol. The van der Waals surface area contributed by atoms with E-state index in [-0.39, 0.29) is 5.56 Å². The van der Waals surface area contributed by atoms with Crippen molar-refractivity contribution in [3.8, 4) is 0 Å². The van der Waals surface area contributed by atoms with E-state index in [1.807, 2.05) is 0 Å². The van der Waals surface area contributed by atoms with Crippen LogP contribution in [0.1, 0.15) is 48.5 Å². The van der Waals surface area contributed by atoms with Gasteiger partial charge in [0.15, 0.2) is 0 Å². The molecule has 0 heterocycles. The molecule has 1 aromatic carbocycles. The Morgan fingerprint density at radius 2 is 2.21 bits per heavy atom. The molecule has 0 saturated heterocycles. The fourth-order valence-electron chi connectivity index (χ4n) is 2.65. The van der Waals surface area contributed by atoms with Crippen molar-refractivity contribution in [1.29, 1.82) is 0 Å². The average molecular weight is 265 g/mol. The molecule has 0 atom stereocenters. The molecule has 2 rings (SSSR count). The number of benzene rings is 1. The lowest BCUT2D eigenvalue weighted by molar-refractivity contribution is 0.0692. The van der Waals surface area contributed by atoms with Gasteiger partial charge >= 0.3 is 5.97 Å². The third kappa shape index (κ3) is 3.13. The van der Waals surface area contributed by atoms with Crippen LogP contribution >= 0.6 is 0 Å². The first-order valence-electron chi connectivity index (χ1n) is 6.79. The Kier molecular flexibility index (Phi) is 4.20. The lowest BCUT2D eigenvalue weighted by Gasteiger charge is -2.41. The quantitative estimate of drug-likeness (QED) is 0.830. The van der Waals surface area contributed by atoms with Gasteiger partial charge in [-0.3, -0.25) is 0 Å². The van der Waals surface area contributed by atoms with Crippen LogP contribution in [0.25, 0.3) is 0 Å². The van der Waals surface area contributed by atoms with Crippen LogP contribution < -0.4 is 5.32 Å². The molecule has 2 N–H and O–H groups in total. The van der Waals surface area contributed by atoms with Gasteiger partial charge in [0.1, 0.15) is 5.82 Å². The normalized spacial score (nSPS) is 16.9. The van der Waals surface area contributed by atoms with Gasteiger partial charge in [-0.2, -0.15) is 0 Å². The summed E-state index contributed by atoms with van der Waals surface area (Å²) in [6, 6.07) is 4.29. The molecule has 0 aromatic heterocycles. The van der Waals surface area contributed by atoms with E-state index < -0.39 is 11.8 Å². The highest BCUT2D eigenvalue weighted by molar-refractivity contribution is 5.87. The van der Waals surface area contributed by atoms with Crippen LogP contribution in [0.2, 0.25) is 0 Å². The number of nitrogens with one attached hydrogen (secondary N) is 1. The first-order chi connectivity index (χ1) is 9.06. The molecule has 19 heavy (non-hydrogen) atoms. The van der Waals surface area contributed by atoms with Gasteiger partial charge in [0, 0.05) is 13.1 Å². The molecule has 0 bridgehead atoms. The second kappa shape index (κ2) is 5.70. The third-order valence-corrected chi connectivity index (χ3v) is 4.26. The summed E-state index contributed by atoms with van der Waals surface area (Å²) in [5.74, 6) is -1.89. The van der Waals surface area contributed by atoms with Gasteiger partial charge in [-0.25, -0.2) is 9.18 Å². The molecule has 0 unspecified atom stereocenters. The Hall–Kier alpha value is -1.42. The zero-order valence-corrected chi connectivity index (χ0v) is 11.2. The molecule has 1 aromatic rings. The maximum Gasteiger partial charge on any atom is 0.338 e. The minimum Gasteiger partial charge on any atom is -0.478 e. The SMILES string of the molecule is CCC1(CNCc2ccc(C(=O)O)c(F)c2)CCC1. The van der Waals surface area contributed by atoms with E-state index in [4.69, 9.17) is 5.11 Å². The molecule has 1 fully saturated rings. The zero-order chi connectivity index (χ0) is 13.9. The second-order valence-electron chi connectivity index (χ2n) is 5.43. The minimum atomic E-state index is -1.23. The fourth-order valence-corrected chi connectivity index (χ4v) is 2.65. The summed E-state index contributed by atoms with van der Waals surface area (Å²) in [5, 5.41) is 12.1. The summed E-state index contributed by atoms with van der Waals surface area (Å²) in [5.41, 5.74) is 0.945. The topological polar surface area (TPSA) is 49.3 Å². The van der Waals surface area contributed by atoms with Crippen molar-refractivity contribution in [2.75, 3.05) is 6.54 Å². The Balaban J connectivity index is 1.89. The van der Waals surface area contributed by atoms with E-state index in [1.54, 1.807) is 6.07 Å². The summed E-state index contributed by atoms with van der Waals surface area (Å²) in [7, 11) is 0. The molecule has 4 heteroatoms. The average Bonchev–Trinajstić information content (AvgIpc) is 2.32. The van der Waals surface area contributed by atoms with Crippen molar-refractivity contribution < 1.29 is 14.3 Å². The predicted molar refractivity (Wildman–Crippen MR) is 71.6 cm³/mol. The largest absolute Gasteiger partial charge is 0.478 e. The second-order valence-corrected chi connectivity index (χ2v) is 5.43. The molecular formula is C15H20FNO2. The van der Waals surface area contributed by atoms with Crippen LogP contribution in [-0.4, -0.2) is 17.6 Å². The first-order valence-corrected chi connectivity index (χ1v) is 6.79. The molecule has 1 aliphatic carbocycles. The number of rotatable bonds is 6. The smallest absolute Gasteiger partial charge is 0.338 e. The van der Waals surface area contributed by atoms with Crippen LogP contribution in [0, 0.1) is 11.2 Å². The van der Waals surface area contributed by atoms with E-state index in [0.29, 0.717) is 12.0 Å². The number of hydrogen-bond acceptors (Lipinski definition) is 2. The fraction of sp³-hybridized carbons (Fsp3) is 0.533. The van der Waals surface area contributed by atoms with Crippen molar-refractivity contribution in [1.82, 2.24) is 5.32 Å². The van der Waals surface area contributed by atoms with Crippen LogP contribution in [0.5, 0.6) is 0 Å². The van der Waals surface area contributed by atoms with E-state index in [9.17, 15) is 9.18 Å². The number of carboxylic acids is 1. The zero-order valence-electron chi connectivity index (χ0n) is 11.2. The van der Waals surface area contributed by atoms with Gasteiger partial charge in [-0.05, 0) is 42.4 Å². The van der Waals surface area contributed by atoms with Crippen LogP contribution in [-0.2, 0) is 6.54 Å². The summed E-state index contributed by atoms with van der Waals surface area (Å²) in [6.07, 6.45) is 5.01. The molecule has 0 spiro atoms. The predicted octanol–water partition coefficient (Wildman–Crippen LogP) is 3.19. The van der Waals surface area contributed by atoms with E-state index in [0.717, 1.165) is 12.1 Å². The number of hydrogen-bond donors (Lipinski definition) is 2. The van der Waals surface area contributed by atoms with E-state index in [2.05, 4.69) is 12.2 Å². The maximum absolute atomic E-state index is 13.5. The highest BCUT2D eigenvalue weighted by Crippen LogP contribution is 2.43. The number of carboxylic acid groups (broad SMARTS) is 1. The molecule has 1 saturated carbocycles. The van der Waals surface area contributed by atoms with Crippen LogP contribution in [0.3, 0.4) is 0 Å². The molecular weight excluding hydrogens is 245 g/mol. The lowest BCUT2D eigenvalue weighted by atomic mass is 9.67. The van der Waals surface area contributed by atoms with Crippen molar-refractivity contribution in [3.05, 3.63) is 35.1 Å². The van der Waals surface area contributed by atoms with Gasteiger partial charge in [0.05, 0.1) is 5.56 Å². The molecule has 104 valence electrons. The number of aromatic carboxylic acids is 1. The summed E-state index contributed by atoms with van der Waals surface area (Å²) in [4.78, 5) is 10.7. The van der Waals surface area contributed by atoms with Crippen molar-refractivity contribution in [2.24, 2.45) is 5.41 Å². The van der Waals surface area contributed by atoms with Crippen molar-refractivity contribution in [3.63, 3.8) is 0 Å². The lowest BCUT2D eigenvalue weighted by Crippen LogP contribution is -2.39. The first kappa shape index (κ1) is 14.0. The molecule has 0 amide bonds. The van der Waals surface area contributed by atoms with Crippen LogP contribution in [0.15, 0.2) is 18.2 Å². The minimum absolute atomic E-state index is 0.271. The maximum atomic E-state index is 13.5. The molecule has 1 aliphatic rings. The van der Waals surface area contributed by atoms with Gasteiger partial charge in [0.25, 0.3) is 0 Å². The molecule has 0 aliphatic heterocycles. The third-order valence-electron chi connectivity index (χ3n) is 4.26. The Bertz CT molecular complexity index is 464. The number of carbonyl (C=O) groups is 1. The summed E-state index contributed by atoms with van der Waals surface area (Å²) >= 11 is 0. The highest BCUT2D eigenvalue weighted by atomic mass is 19.1. The standard InChI is InChI=1S/C15H20FNO2/c1-2-15(6-3-7-15)10-17-9-11-4-5-12(14(18)19)13(16)8-11/h4-5,8,17H,2-3,6-7,9-10H2,1H3,(H,18,19). The Labute approximate surface area is 112 Å². The van der Waals surface area contributed by atoms with Gasteiger partial charge in [0.2, 0.25) is 0 Å².